The Morgan fingerprint density at radius 1 is 1.25 bits per heavy atom. The molecule has 0 saturated heterocycles. The first-order valence-electron chi connectivity index (χ1n) is 7.11. The smallest absolute Gasteiger partial charge is 0.412 e. The Morgan fingerprint density at radius 3 is 2.54 bits per heavy atom. The van der Waals surface area contributed by atoms with Gasteiger partial charge in [0.25, 0.3) is 0 Å². The van der Waals surface area contributed by atoms with Crippen LogP contribution >= 0.6 is 43.2 Å². The largest absolute Gasteiger partial charge is 0.444 e. The Bertz CT molecular complexity index is 725. The molecular weight excluding hydrogens is 463 g/mol. The predicted octanol–water partition coefficient (Wildman–Crippen LogP) is 6.37. The zero-order valence-corrected chi connectivity index (χ0v) is 17.4. The maximum absolute atomic E-state index is 13.6. The molecule has 0 aliphatic rings. The zero-order valence-electron chi connectivity index (χ0n) is 13.4. The minimum absolute atomic E-state index is 0.388. The summed E-state index contributed by atoms with van der Waals surface area (Å²) in [6, 6.07) is 6.10. The molecule has 0 aliphatic heterocycles. The van der Waals surface area contributed by atoms with Gasteiger partial charge in [-0.3, -0.25) is 5.32 Å². The minimum Gasteiger partial charge on any atom is -0.444 e. The summed E-state index contributed by atoms with van der Waals surface area (Å²) in [6.07, 6.45) is -0.584. The molecule has 0 fully saturated rings. The van der Waals surface area contributed by atoms with Crippen LogP contribution in [0.4, 0.5) is 20.6 Å². The van der Waals surface area contributed by atoms with E-state index in [1.807, 2.05) is 6.07 Å². The Labute approximate surface area is 161 Å². The van der Waals surface area contributed by atoms with Gasteiger partial charge in [0.05, 0.1) is 15.2 Å². The minimum atomic E-state index is -0.604. The van der Waals surface area contributed by atoms with E-state index in [1.165, 1.54) is 18.2 Å². The summed E-state index contributed by atoms with van der Waals surface area (Å²) >= 11 is 8.44. The molecule has 0 bridgehead atoms. The van der Waals surface area contributed by atoms with Gasteiger partial charge in [-0.05, 0) is 76.9 Å². The number of anilines is 2. The lowest BCUT2D eigenvalue weighted by atomic mass is 10.2. The van der Waals surface area contributed by atoms with Crippen LogP contribution in [0.5, 0.6) is 0 Å². The number of rotatable bonds is 4. The number of hydrogen-bond acceptors (Lipinski definition) is 4. The number of ether oxygens (including phenoxy) is 1. The van der Waals surface area contributed by atoms with Crippen molar-refractivity contribution in [1.29, 1.82) is 0 Å². The molecule has 0 saturated carbocycles. The molecule has 2 N–H and O–H groups in total. The molecule has 2 rings (SSSR count). The van der Waals surface area contributed by atoms with Crippen LogP contribution in [0, 0.1) is 5.82 Å². The average Bonchev–Trinajstić information content (AvgIpc) is 2.76. The van der Waals surface area contributed by atoms with Gasteiger partial charge < -0.3 is 10.1 Å². The Hall–Kier alpha value is -1.12. The second kappa shape index (κ2) is 7.84. The van der Waals surface area contributed by atoms with Crippen molar-refractivity contribution < 1.29 is 13.9 Å². The molecule has 0 atom stereocenters. The number of thiophene rings is 1. The summed E-state index contributed by atoms with van der Waals surface area (Å²) in [6.45, 7) is 5.84. The van der Waals surface area contributed by atoms with Gasteiger partial charge in [-0.1, -0.05) is 0 Å². The van der Waals surface area contributed by atoms with Crippen molar-refractivity contribution in [2.45, 2.75) is 32.9 Å². The maximum atomic E-state index is 13.6. The van der Waals surface area contributed by atoms with Crippen molar-refractivity contribution >= 4 is 60.7 Å². The fourth-order valence-corrected chi connectivity index (χ4v) is 3.96. The van der Waals surface area contributed by atoms with Crippen molar-refractivity contribution in [2.75, 3.05) is 10.6 Å². The average molecular weight is 480 g/mol. The Morgan fingerprint density at radius 2 is 1.96 bits per heavy atom. The number of carbonyl (C=O) groups is 1. The Kier molecular flexibility index (Phi) is 6.28. The molecule has 0 aliphatic carbocycles. The fourth-order valence-electron chi connectivity index (χ4n) is 1.85. The van der Waals surface area contributed by atoms with Crippen LogP contribution in [-0.4, -0.2) is 11.7 Å². The molecule has 1 aromatic carbocycles. The van der Waals surface area contributed by atoms with Crippen molar-refractivity contribution in [1.82, 2.24) is 0 Å². The summed E-state index contributed by atoms with van der Waals surface area (Å²) in [5.74, 6) is -0.388. The molecule has 2 aromatic rings. The maximum Gasteiger partial charge on any atom is 0.412 e. The summed E-state index contributed by atoms with van der Waals surface area (Å²) in [7, 11) is 0. The SMILES string of the molecule is CC(C)(C)OC(=O)Nc1ccc(F)cc1NCc1cc(Br)c(Br)s1. The zero-order chi connectivity index (χ0) is 17.9. The van der Waals surface area contributed by atoms with Gasteiger partial charge in [-0.15, -0.1) is 11.3 Å². The number of amides is 1. The van der Waals surface area contributed by atoms with E-state index in [0.717, 1.165) is 13.1 Å². The standard InChI is InChI=1S/C16H17Br2FN2O2S/c1-16(2,3)23-15(22)21-12-5-4-9(19)6-13(12)20-8-10-7-11(17)14(18)24-10/h4-7,20H,8H2,1-3H3,(H,21,22). The van der Waals surface area contributed by atoms with Crippen LogP contribution in [0.2, 0.25) is 0 Å². The van der Waals surface area contributed by atoms with E-state index in [9.17, 15) is 9.18 Å². The highest BCUT2D eigenvalue weighted by molar-refractivity contribution is 9.13. The van der Waals surface area contributed by atoms with Gasteiger partial charge in [0, 0.05) is 15.9 Å². The first kappa shape index (κ1) is 19.2. The van der Waals surface area contributed by atoms with Crippen molar-refractivity contribution in [3.63, 3.8) is 0 Å². The molecule has 1 heterocycles. The summed E-state index contributed by atoms with van der Waals surface area (Å²) in [5, 5.41) is 5.78. The van der Waals surface area contributed by atoms with Crippen LogP contribution in [0.15, 0.2) is 32.5 Å². The van der Waals surface area contributed by atoms with Crippen LogP contribution < -0.4 is 10.6 Å². The predicted molar refractivity (Wildman–Crippen MR) is 103 cm³/mol. The number of halogens is 3. The summed E-state index contributed by atoms with van der Waals surface area (Å²) in [5.41, 5.74) is 0.342. The monoisotopic (exact) mass is 478 g/mol. The third-order valence-electron chi connectivity index (χ3n) is 2.77. The topological polar surface area (TPSA) is 50.4 Å². The molecule has 24 heavy (non-hydrogen) atoms. The van der Waals surface area contributed by atoms with E-state index >= 15 is 0 Å². The van der Waals surface area contributed by atoms with Gasteiger partial charge in [-0.25, -0.2) is 9.18 Å². The molecular formula is C16H17Br2FN2O2S. The highest BCUT2D eigenvalue weighted by Crippen LogP contribution is 2.33. The lowest BCUT2D eigenvalue weighted by Gasteiger charge is -2.20. The number of benzene rings is 1. The highest BCUT2D eigenvalue weighted by Gasteiger charge is 2.17. The van der Waals surface area contributed by atoms with Gasteiger partial charge in [0.1, 0.15) is 11.4 Å². The van der Waals surface area contributed by atoms with Crippen LogP contribution in [0.25, 0.3) is 0 Å². The third kappa shape index (κ3) is 5.75. The Balaban J connectivity index is 2.11. The van der Waals surface area contributed by atoms with Crippen LogP contribution in [0.3, 0.4) is 0 Å². The molecule has 0 unspecified atom stereocenters. The second-order valence-corrected chi connectivity index (χ2v) is 9.31. The molecule has 8 heteroatoms. The van der Waals surface area contributed by atoms with Crippen molar-refractivity contribution in [2.24, 2.45) is 0 Å². The summed E-state index contributed by atoms with van der Waals surface area (Å²) < 4.78 is 20.7. The van der Waals surface area contributed by atoms with E-state index in [2.05, 4.69) is 42.5 Å². The number of carbonyl (C=O) groups excluding carboxylic acids is 1. The molecule has 0 radical (unpaired) electrons. The van der Waals surface area contributed by atoms with Gasteiger partial charge in [-0.2, -0.15) is 0 Å². The first-order chi connectivity index (χ1) is 11.1. The van der Waals surface area contributed by atoms with E-state index in [-0.39, 0.29) is 5.82 Å². The summed E-state index contributed by atoms with van der Waals surface area (Å²) in [4.78, 5) is 13.0. The lowest BCUT2D eigenvalue weighted by molar-refractivity contribution is 0.0636. The molecule has 0 spiro atoms. The number of hydrogen-bond donors (Lipinski definition) is 2. The van der Waals surface area contributed by atoms with Crippen LogP contribution in [-0.2, 0) is 11.3 Å². The normalized spacial score (nSPS) is 11.2. The molecule has 1 amide bonds. The fraction of sp³-hybridized carbons (Fsp3) is 0.312. The van der Waals surface area contributed by atoms with E-state index in [0.29, 0.717) is 17.9 Å². The van der Waals surface area contributed by atoms with E-state index in [1.54, 1.807) is 32.1 Å². The second-order valence-electron chi connectivity index (χ2n) is 6.00. The van der Waals surface area contributed by atoms with Gasteiger partial charge >= 0.3 is 6.09 Å². The third-order valence-corrected chi connectivity index (χ3v) is 6.02. The van der Waals surface area contributed by atoms with Crippen molar-refractivity contribution in [3.8, 4) is 0 Å². The lowest BCUT2D eigenvalue weighted by Crippen LogP contribution is -2.27. The van der Waals surface area contributed by atoms with E-state index in [4.69, 9.17) is 4.74 Å². The molecule has 1 aromatic heterocycles. The van der Waals surface area contributed by atoms with Gasteiger partial charge in [0.15, 0.2) is 0 Å². The highest BCUT2D eigenvalue weighted by atomic mass is 79.9. The van der Waals surface area contributed by atoms with Crippen LogP contribution in [0.1, 0.15) is 25.6 Å². The number of nitrogens with one attached hydrogen (secondary N) is 2. The van der Waals surface area contributed by atoms with E-state index < -0.39 is 11.7 Å². The first-order valence-corrected chi connectivity index (χ1v) is 9.51. The van der Waals surface area contributed by atoms with Gasteiger partial charge in [0.2, 0.25) is 0 Å². The molecule has 4 nitrogen and oxygen atoms in total. The molecule has 130 valence electrons. The quantitative estimate of drug-likeness (QED) is 0.535. The van der Waals surface area contributed by atoms with Crippen molar-refractivity contribution in [3.05, 3.63) is 43.2 Å².